The Balaban J connectivity index is 1.52. The Labute approximate surface area is 157 Å². The van der Waals surface area contributed by atoms with Crippen LogP contribution in [0.25, 0.3) is 11.5 Å². The van der Waals surface area contributed by atoms with E-state index in [9.17, 15) is 4.79 Å². The van der Waals surface area contributed by atoms with Gasteiger partial charge in [0.1, 0.15) is 11.5 Å². The lowest BCUT2D eigenvalue weighted by Crippen LogP contribution is -2.49. The molecule has 138 valence electrons. The second kappa shape index (κ2) is 7.57. The molecule has 0 unspecified atom stereocenters. The highest BCUT2D eigenvalue weighted by atomic mass is 16.3. The average molecular weight is 363 g/mol. The van der Waals surface area contributed by atoms with Crippen LogP contribution in [-0.2, 0) is 6.42 Å². The van der Waals surface area contributed by atoms with Crippen LogP contribution >= 0.6 is 0 Å². The molecule has 7 heteroatoms. The Morgan fingerprint density at radius 1 is 1.11 bits per heavy atom. The maximum absolute atomic E-state index is 12.4. The van der Waals surface area contributed by atoms with E-state index in [1.54, 1.807) is 18.3 Å². The molecule has 1 aliphatic rings. The van der Waals surface area contributed by atoms with Gasteiger partial charge in [0.15, 0.2) is 11.6 Å². The van der Waals surface area contributed by atoms with Crippen LogP contribution in [0, 0.1) is 0 Å². The molecule has 0 bridgehead atoms. The Morgan fingerprint density at radius 3 is 2.63 bits per heavy atom. The molecular formula is C20H21N5O2. The van der Waals surface area contributed by atoms with Gasteiger partial charge in [-0.25, -0.2) is 9.97 Å². The Kier molecular flexibility index (Phi) is 4.82. The van der Waals surface area contributed by atoms with Gasteiger partial charge in [-0.05, 0) is 30.7 Å². The summed E-state index contributed by atoms with van der Waals surface area (Å²) in [7, 11) is 0. The van der Waals surface area contributed by atoms with Crippen LogP contribution in [0.3, 0.4) is 0 Å². The molecule has 0 radical (unpaired) electrons. The molecule has 4 rings (SSSR count). The summed E-state index contributed by atoms with van der Waals surface area (Å²) in [6.45, 7) is 4.77. The molecule has 0 aliphatic carbocycles. The average Bonchev–Trinajstić information content (AvgIpc) is 3.28. The Morgan fingerprint density at radius 2 is 1.96 bits per heavy atom. The molecule has 0 aromatic carbocycles. The van der Waals surface area contributed by atoms with E-state index in [-0.39, 0.29) is 5.91 Å². The number of hydrogen-bond acceptors (Lipinski definition) is 6. The summed E-state index contributed by atoms with van der Waals surface area (Å²) in [5, 5.41) is 0. The van der Waals surface area contributed by atoms with Crippen molar-refractivity contribution in [1.29, 1.82) is 0 Å². The first-order valence-electron chi connectivity index (χ1n) is 9.11. The number of nitrogens with zero attached hydrogens (tertiary/aromatic N) is 5. The lowest BCUT2D eigenvalue weighted by molar-refractivity contribution is 0.0714. The number of piperazine rings is 1. The van der Waals surface area contributed by atoms with Crippen LogP contribution in [0.2, 0.25) is 0 Å². The number of aromatic nitrogens is 3. The summed E-state index contributed by atoms with van der Waals surface area (Å²) in [6, 6.07) is 11.2. The number of hydrogen-bond donors (Lipinski definition) is 0. The van der Waals surface area contributed by atoms with Crippen molar-refractivity contribution in [2.24, 2.45) is 0 Å². The van der Waals surface area contributed by atoms with Crippen LogP contribution in [0.4, 0.5) is 5.82 Å². The molecule has 0 atom stereocenters. The van der Waals surface area contributed by atoms with Crippen molar-refractivity contribution >= 4 is 11.7 Å². The van der Waals surface area contributed by atoms with E-state index >= 15 is 0 Å². The largest absolute Gasteiger partial charge is 0.459 e. The molecule has 1 aliphatic heterocycles. The number of carbonyl (C=O) groups excluding carboxylic acids is 1. The lowest BCUT2D eigenvalue weighted by Gasteiger charge is -2.35. The van der Waals surface area contributed by atoms with E-state index < -0.39 is 0 Å². The Hall–Kier alpha value is -3.22. The van der Waals surface area contributed by atoms with E-state index in [4.69, 9.17) is 9.40 Å². The fraction of sp³-hybridized carbons (Fsp3) is 0.300. The predicted molar refractivity (Wildman–Crippen MR) is 101 cm³/mol. The standard InChI is InChI=1S/C20H21N5O2/c1-2-15-14-18(23-19(22-15)16-6-3-4-8-21-16)24-9-11-25(12-10-24)20(26)17-7-5-13-27-17/h3-8,13-14H,2,9-12H2,1H3. The van der Waals surface area contributed by atoms with E-state index in [1.165, 1.54) is 6.26 Å². The molecule has 0 N–H and O–H groups in total. The Bertz CT molecular complexity index is 903. The maximum atomic E-state index is 12.4. The minimum Gasteiger partial charge on any atom is -0.459 e. The molecule has 7 nitrogen and oxygen atoms in total. The summed E-state index contributed by atoms with van der Waals surface area (Å²) in [4.78, 5) is 30.1. The zero-order valence-electron chi connectivity index (χ0n) is 15.2. The summed E-state index contributed by atoms with van der Waals surface area (Å²) >= 11 is 0. The molecule has 3 aromatic heterocycles. The monoisotopic (exact) mass is 363 g/mol. The number of amides is 1. The second-order valence-electron chi connectivity index (χ2n) is 6.37. The normalized spacial score (nSPS) is 14.4. The van der Waals surface area contributed by atoms with Crippen molar-refractivity contribution in [3.8, 4) is 11.5 Å². The van der Waals surface area contributed by atoms with Gasteiger partial charge in [0.25, 0.3) is 5.91 Å². The molecule has 1 saturated heterocycles. The third-order valence-electron chi connectivity index (χ3n) is 4.64. The first kappa shape index (κ1) is 17.2. The van der Waals surface area contributed by atoms with E-state index in [2.05, 4.69) is 21.8 Å². The highest BCUT2D eigenvalue weighted by Gasteiger charge is 2.25. The fourth-order valence-electron chi connectivity index (χ4n) is 3.13. The topological polar surface area (TPSA) is 75.4 Å². The van der Waals surface area contributed by atoms with Gasteiger partial charge in [0.2, 0.25) is 0 Å². The quantitative estimate of drug-likeness (QED) is 0.709. The maximum Gasteiger partial charge on any atom is 0.289 e. The molecule has 27 heavy (non-hydrogen) atoms. The van der Waals surface area contributed by atoms with Crippen molar-refractivity contribution in [3.63, 3.8) is 0 Å². The highest BCUT2D eigenvalue weighted by molar-refractivity contribution is 5.91. The van der Waals surface area contributed by atoms with Crippen molar-refractivity contribution in [3.05, 3.63) is 60.3 Å². The van der Waals surface area contributed by atoms with Gasteiger partial charge in [-0.15, -0.1) is 0 Å². The third-order valence-corrected chi connectivity index (χ3v) is 4.64. The van der Waals surface area contributed by atoms with Gasteiger partial charge in [-0.1, -0.05) is 13.0 Å². The molecule has 3 aromatic rings. The van der Waals surface area contributed by atoms with Gasteiger partial charge >= 0.3 is 0 Å². The third kappa shape index (κ3) is 3.67. The van der Waals surface area contributed by atoms with Gasteiger partial charge in [0.05, 0.1) is 6.26 Å². The molecular weight excluding hydrogens is 342 g/mol. The number of aryl methyl sites for hydroxylation is 1. The number of carbonyl (C=O) groups is 1. The van der Waals surface area contributed by atoms with Gasteiger partial charge in [-0.3, -0.25) is 9.78 Å². The first-order valence-corrected chi connectivity index (χ1v) is 9.11. The molecule has 4 heterocycles. The summed E-state index contributed by atoms with van der Waals surface area (Å²) < 4.78 is 5.22. The minimum atomic E-state index is -0.0641. The van der Waals surface area contributed by atoms with E-state index in [0.29, 0.717) is 37.8 Å². The highest BCUT2D eigenvalue weighted by Crippen LogP contribution is 2.21. The van der Waals surface area contributed by atoms with Crippen LogP contribution in [0.5, 0.6) is 0 Å². The minimum absolute atomic E-state index is 0.0641. The SMILES string of the molecule is CCc1cc(N2CCN(C(=O)c3ccco3)CC2)nc(-c2ccccn2)n1. The predicted octanol–water partition coefficient (Wildman–Crippen LogP) is 2.66. The van der Waals surface area contributed by atoms with Crippen LogP contribution < -0.4 is 4.90 Å². The first-order chi connectivity index (χ1) is 13.2. The summed E-state index contributed by atoms with van der Waals surface area (Å²) in [6.07, 6.45) is 4.10. The second-order valence-corrected chi connectivity index (χ2v) is 6.37. The van der Waals surface area contributed by atoms with Crippen LogP contribution in [0.1, 0.15) is 23.2 Å². The number of anilines is 1. The van der Waals surface area contributed by atoms with Crippen molar-refractivity contribution < 1.29 is 9.21 Å². The smallest absolute Gasteiger partial charge is 0.289 e. The van der Waals surface area contributed by atoms with Crippen LogP contribution in [0.15, 0.2) is 53.3 Å². The lowest BCUT2D eigenvalue weighted by atomic mass is 10.2. The molecule has 1 fully saturated rings. The number of furan rings is 1. The van der Waals surface area contributed by atoms with Crippen LogP contribution in [-0.4, -0.2) is 51.9 Å². The molecule has 0 spiro atoms. The number of pyridine rings is 1. The fourth-order valence-corrected chi connectivity index (χ4v) is 3.13. The number of rotatable bonds is 4. The van der Waals surface area contributed by atoms with Gasteiger partial charge in [0, 0.05) is 44.1 Å². The van der Waals surface area contributed by atoms with E-state index in [0.717, 1.165) is 23.6 Å². The summed E-state index contributed by atoms with van der Waals surface area (Å²) in [5.41, 5.74) is 1.75. The van der Waals surface area contributed by atoms with Gasteiger partial charge < -0.3 is 14.2 Å². The van der Waals surface area contributed by atoms with Crippen molar-refractivity contribution in [2.75, 3.05) is 31.1 Å². The zero-order valence-corrected chi connectivity index (χ0v) is 15.2. The molecule has 0 saturated carbocycles. The summed E-state index contributed by atoms with van der Waals surface area (Å²) in [5.74, 6) is 1.84. The van der Waals surface area contributed by atoms with Crippen molar-refractivity contribution in [2.45, 2.75) is 13.3 Å². The van der Waals surface area contributed by atoms with Gasteiger partial charge in [-0.2, -0.15) is 0 Å². The molecule has 1 amide bonds. The van der Waals surface area contributed by atoms with E-state index in [1.807, 2.05) is 29.2 Å². The zero-order chi connectivity index (χ0) is 18.6. The van der Waals surface area contributed by atoms with Crippen molar-refractivity contribution in [1.82, 2.24) is 19.9 Å².